The summed E-state index contributed by atoms with van der Waals surface area (Å²) in [6.45, 7) is 1.52. The van der Waals surface area contributed by atoms with E-state index in [0.29, 0.717) is 6.54 Å². The zero-order chi connectivity index (χ0) is 21.0. The van der Waals surface area contributed by atoms with Crippen LogP contribution in [0.4, 0.5) is 0 Å². The number of phenols is 2. The number of carbonyl (C=O) groups excluding carboxylic acids is 3. The quantitative estimate of drug-likeness (QED) is 0.375. The van der Waals surface area contributed by atoms with Gasteiger partial charge in [0.05, 0.1) is 16.7 Å². The number of hydrogen-bond acceptors (Lipinski definition) is 7. The number of amides is 1. The van der Waals surface area contributed by atoms with Gasteiger partial charge in [-0.05, 0) is 19.4 Å². The van der Waals surface area contributed by atoms with Gasteiger partial charge in [-0.1, -0.05) is 24.3 Å². The number of furan rings is 1. The van der Waals surface area contributed by atoms with E-state index in [9.17, 15) is 24.6 Å². The van der Waals surface area contributed by atoms with E-state index in [4.69, 9.17) is 4.42 Å². The summed E-state index contributed by atoms with van der Waals surface area (Å²) >= 11 is 0. The number of fused-ring (bicyclic) bond motifs is 3. The van der Waals surface area contributed by atoms with E-state index < -0.39 is 23.2 Å². The van der Waals surface area contributed by atoms with Gasteiger partial charge in [0.15, 0.2) is 11.5 Å². The average Bonchev–Trinajstić information content (AvgIpc) is 3.22. The Hall–Kier alpha value is -3.65. The highest BCUT2D eigenvalue weighted by molar-refractivity contribution is 6.32. The first kappa shape index (κ1) is 18.4. The molecule has 4 N–H and O–H groups in total. The zero-order valence-corrected chi connectivity index (χ0v) is 15.8. The van der Waals surface area contributed by atoms with Crippen LogP contribution in [0.2, 0.25) is 0 Å². The molecule has 1 saturated heterocycles. The van der Waals surface area contributed by atoms with E-state index in [1.165, 1.54) is 12.1 Å². The van der Waals surface area contributed by atoms with Crippen LogP contribution in [0.1, 0.15) is 55.4 Å². The molecule has 1 aromatic heterocycles. The highest BCUT2D eigenvalue weighted by atomic mass is 16.4. The third-order valence-corrected chi connectivity index (χ3v) is 5.65. The number of benzene rings is 2. The molecule has 1 aliphatic heterocycles. The fourth-order valence-corrected chi connectivity index (χ4v) is 4.16. The van der Waals surface area contributed by atoms with E-state index >= 15 is 0 Å². The Morgan fingerprint density at radius 3 is 2.37 bits per heavy atom. The van der Waals surface area contributed by atoms with Crippen molar-refractivity contribution in [3.05, 3.63) is 58.5 Å². The van der Waals surface area contributed by atoms with Crippen molar-refractivity contribution in [2.45, 2.75) is 18.9 Å². The van der Waals surface area contributed by atoms with Crippen molar-refractivity contribution in [2.24, 2.45) is 0 Å². The number of phenolic OH excluding ortho intramolecular Hbond substituents is 2. The molecule has 1 unspecified atom stereocenters. The third kappa shape index (κ3) is 2.61. The second kappa shape index (κ2) is 6.70. The summed E-state index contributed by atoms with van der Waals surface area (Å²) in [5.41, 5.74) is -0.709. The van der Waals surface area contributed by atoms with Gasteiger partial charge in [0.1, 0.15) is 11.5 Å². The van der Waals surface area contributed by atoms with Crippen LogP contribution in [-0.4, -0.2) is 46.8 Å². The summed E-state index contributed by atoms with van der Waals surface area (Å²) in [6.07, 6.45) is 1.74. The molecular formula is C22H18N2O6. The number of hydrogen-bond donors (Lipinski definition) is 4. The molecule has 1 aliphatic carbocycles. The van der Waals surface area contributed by atoms with Crippen LogP contribution >= 0.6 is 0 Å². The molecule has 3 aromatic rings. The maximum atomic E-state index is 13.1. The van der Waals surface area contributed by atoms with Crippen molar-refractivity contribution in [1.29, 1.82) is 0 Å². The predicted octanol–water partition coefficient (Wildman–Crippen LogP) is 2.10. The van der Waals surface area contributed by atoms with Crippen LogP contribution in [0.15, 0.2) is 34.7 Å². The fraction of sp³-hybridized carbons (Fsp3) is 0.227. The van der Waals surface area contributed by atoms with Crippen molar-refractivity contribution in [3.63, 3.8) is 0 Å². The number of piperidine rings is 1. The van der Waals surface area contributed by atoms with E-state index in [2.05, 4.69) is 10.6 Å². The SMILES string of the molecule is O=C(NC1CCCNC1)c1cc2c(o1)C(=O)c1c(c(O)c3ccccc3c1O)C2=O. The van der Waals surface area contributed by atoms with Crippen molar-refractivity contribution in [3.8, 4) is 11.5 Å². The summed E-state index contributed by atoms with van der Waals surface area (Å²) in [6, 6.07) is 7.52. The van der Waals surface area contributed by atoms with Gasteiger partial charge in [-0.25, -0.2) is 0 Å². The minimum Gasteiger partial charge on any atom is -0.506 e. The Kier molecular flexibility index (Phi) is 4.11. The van der Waals surface area contributed by atoms with Gasteiger partial charge in [-0.15, -0.1) is 0 Å². The second-order valence-electron chi connectivity index (χ2n) is 7.52. The Balaban J connectivity index is 1.58. The lowest BCUT2D eigenvalue weighted by Crippen LogP contribution is -2.45. The van der Waals surface area contributed by atoms with Crippen LogP contribution in [-0.2, 0) is 0 Å². The van der Waals surface area contributed by atoms with Gasteiger partial charge >= 0.3 is 0 Å². The smallest absolute Gasteiger partial charge is 0.287 e. The van der Waals surface area contributed by atoms with Crippen LogP contribution in [0, 0.1) is 0 Å². The molecule has 1 amide bonds. The fourth-order valence-electron chi connectivity index (χ4n) is 4.16. The van der Waals surface area contributed by atoms with Gasteiger partial charge in [-0.3, -0.25) is 14.4 Å². The van der Waals surface area contributed by atoms with Crippen LogP contribution in [0.5, 0.6) is 11.5 Å². The molecule has 152 valence electrons. The summed E-state index contributed by atoms with van der Waals surface area (Å²) in [4.78, 5) is 38.7. The number of aromatic hydroxyl groups is 2. The molecule has 2 aliphatic rings. The van der Waals surface area contributed by atoms with Crippen LogP contribution in [0.25, 0.3) is 10.8 Å². The molecule has 30 heavy (non-hydrogen) atoms. The van der Waals surface area contributed by atoms with Crippen molar-refractivity contribution < 1.29 is 29.0 Å². The second-order valence-corrected chi connectivity index (χ2v) is 7.52. The van der Waals surface area contributed by atoms with Crippen molar-refractivity contribution in [1.82, 2.24) is 10.6 Å². The monoisotopic (exact) mass is 406 g/mol. The largest absolute Gasteiger partial charge is 0.506 e. The molecule has 1 fully saturated rings. The molecule has 2 aromatic carbocycles. The van der Waals surface area contributed by atoms with E-state index in [1.54, 1.807) is 18.2 Å². The van der Waals surface area contributed by atoms with Gasteiger partial charge in [-0.2, -0.15) is 0 Å². The molecule has 0 radical (unpaired) electrons. The Morgan fingerprint density at radius 2 is 1.73 bits per heavy atom. The summed E-state index contributed by atoms with van der Waals surface area (Å²) in [5.74, 6) is -3.23. The third-order valence-electron chi connectivity index (χ3n) is 5.65. The number of rotatable bonds is 2. The highest BCUT2D eigenvalue weighted by Crippen LogP contribution is 2.44. The lowest BCUT2D eigenvalue weighted by Gasteiger charge is -2.23. The molecule has 1 atom stereocenters. The molecular weight excluding hydrogens is 388 g/mol. The Bertz CT molecular complexity index is 1160. The Labute approximate surface area is 170 Å². The minimum absolute atomic E-state index is 0.0737. The lowest BCUT2D eigenvalue weighted by molar-refractivity contribution is 0.0893. The van der Waals surface area contributed by atoms with Crippen LogP contribution in [0.3, 0.4) is 0 Å². The molecule has 0 saturated carbocycles. The van der Waals surface area contributed by atoms with Gasteiger partial charge in [0.25, 0.3) is 5.91 Å². The topological polar surface area (TPSA) is 129 Å². The minimum atomic E-state index is -0.753. The first-order valence-corrected chi connectivity index (χ1v) is 9.68. The van der Waals surface area contributed by atoms with E-state index in [0.717, 1.165) is 19.4 Å². The normalized spacial score (nSPS) is 18.2. The molecule has 0 bridgehead atoms. The van der Waals surface area contributed by atoms with E-state index in [1.807, 2.05) is 0 Å². The molecule has 5 rings (SSSR count). The molecule has 2 heterocycles. The average molecular weight is 406 g/mol. The maximum Gasteiger partial charge on any atom is 0.287 e. The Morgan fingerprint density at radius 1 is 1.07 bits per heavy atom. The van der Waals surface area contributed by atoms with Gasteiger partial charge in [0.2, 0.25) is 11.6 Å². The van der Waals surface area contributed by atoms with E-state index in [-0.39, 0.29) is 50.8 Å². The first-order chi connectivity index (χ1) is 14.5. The molecule has 8 heteroatoms. The first-order valence-electron chi connectivity index (χ1n) is 9.68. The van der Waals surface area contributed by atoms with Gasteiger partial charge in [0, 0.05) is 29.4 Å². The zero-order valence-electron chi connectivity index (χ0n) is 15.8. The maximum absolute atomic E-state index is 13.1. The lowest BCUT2D eigenvalue weighted by atomic mass is 9.85. The van der Waals surface area contributed by atoms with Gasteiger partial charge < -0.3 is 25.3 Å². The highest BCUT2D eigenvalue weighted by Gasteiger charge is 2.40. The molecule has 0 spiro atoms. The summed E-state index contributed by atoms with van der Waals surface area (Å²) in [5, 5.41) is 27.8. The standard InChI is InChI=1S/C22H18N2O6/c25-17-11-5-1-2-6-12(11)18(26)16-15(17)19(27)13-8-14(30-21(13)20(16)28)22(29)24-10-4-3-7-23-9-10/h1-2,5-6,8,10,23,25-26H,3-4,7,9H2,(H,24,29). The molecule has 8 nitrogen and oxygen atoms in total. The summed E-state index contributed by atoms with van der Waals surface area (Å²) in [7, 11) is 0. The van der Waals surface area contributed by atoms with Crippen molar-refractivity contribution in [2.75, 3.05) is 13.1 Å². The van der Waals surface area contributed by atoms with Crippen molar-refractivity contribution >= 4 is 28.2 Å². The number of ketones is 2. The number of nitrogens with one attached hydrogen (secondary N) is 2. The summed E-state index contributed by atoms with van der Waals surface area (Å²) < 4.78 is 5.46. The predicted molar refractivity (Wildman–Crippen MR) is 106 cm³/mol. The number of carbonyl (C=O) groups is 3. The van der Waals surface area contributed by atoms with Crippen LogP contribution < -0.4 is 10.6 Å².